The summed E-state index contributed by atoms with van der Waals surface area (Å²) in [7, 11) is -10.6. The lowest BCUT2D eigenvalue weighted by atomic mass is 9.75. The molecule has 0 aromatic heterocycles. The normalized spacial score (nSPS) is 21.1. The first-order chi connectivity index (χ1) is 25.7. The number of carbonyl (C=O) groups is 1. The fraction of sp³-hybridized carbons (Fsp3) is 0.500. The Morgan fingerprint density at radius 3 is 2.09 bits per heavy atom. The molecule has 0 saturated carbocycles. The van der Waals surface area contributed by atoms with E-state index in [1.54, 1.807) is 26.4 Å². The van der Waals surface area contributed by atoms with Crippen LogP contribution in [0.4, 0.5) is 11.4 Å². The molecule has 2 atom stereocenters. The first kappa shape index (κ1) is 44.9. The zero-order valence-corrected chi connectivity index (χ0v) is 35.7. The van der Waals surface area contributed by atoms with Crippen molar-refractivity contribution in [3.8, 4) is 0 Å². The molecular formula is C36H48IN2O13S3-. The van der Waals surface area contributed by atoms with Crippen molar-refractivity contribution in [2.45, 2.75) is 79.4 Å². The van der Waals surface area contributed by atoms with Crippen molar-refractivity contribution in [1.29, 1.82) is 0 Å². The van der Waals surface area contributed by atoms with E-state index in [0.29, 0.717) is 68.8 Å². The van der Waals surface area contributed by atoms with Gasteiger partial charge in [-0.25, -0.2) is 8.42 Å². The van der Waals surface area contributed by atoms with Gasteiger partial charge in [-0.1, -0.05) is 25.5 Å². The summed E-state index contributed by atoms with van der Waals surface area (Å²) in [5, 5.41) is 9.13. The van der Waals surface area contributed by atoms with Crippen molar-refractivity contribution in [3.63, 3.8) is 0 Å². The molecule has 0 amide bonds. The number of methoxy groups -OCH3 is 2. The summed E-state index contributed by atoms with van der Waals surface area (Å²) in [6.07, 6.45) is 8.08. The van der Waals surface area contributed by atoms with Gasteiger partial charge in [0, 0.05) is 86.2 Å². The number of carboxylic acid groups (broad SMARTS) is 1. The average Bonchev–Trinajstić information content (AvgIpc) is 3.32. The smallest absolute Gasteiger partial charge is 0.303 e. The summed E-state index contributed by atoms with van der Waals surface area (Å²) < 4.78 is 118. The second-order valence-electron chi connectivity index (χ2n) is 13.9. The highest BCUT2D eigenvalue weighted by Gasteiger charge is 2.44. The van der Waals surface area contributed by atoms with E-state index in [2.05, 4.69) is 3.11 Å². The Bertz CT molecular complexity index is 2170. The van der Waals surface area contributed by atoms with Crippen LogP contribution in [0.5, 0.6) is 0 Å². The molecule has 2 aromatic carbocycles. The number of hydrogen-bond acceptors (Lipinski definition) is 12. The molecule has 2 aliphatic heterocycles. The Hall–Kier alpha value is -2.76. The monoisotopic (exact) mass is 939 g/mol. The molecule has 0 aliphatic carbocycles. The van der Waals surface area contributed by atoms with Crippen LogP contribution in [-0.4, -0.2) is 99.8 Å². The van der Waals surface area contributed by atoms with Crippen molar-refractivity contribution < 1.29 is 58.3 Å². The van der Waals surface area contributed by atoms with Gasteiger partial charge in [0.2, 0.25) is 0 Å². The van der Waals surface area contributed by atoms with Gasteiger partial charge in [-0.05, 0) is 92.6 Å². The molecule has 2 aliphatic rings. The van der Waals surface area contributed by atoms with Gasteiger partial charge in [-0.2, -0.15) is 16.8 Å². The van der Waals surface area contributed by atoms with Crippen LogP contribution in [0.1, 0.15) is 69.9 Å². The van der Waals surface area contributed by atoms with Gasteiger partial charge < -0.3 is 27.1 Å². The minimum absolute atomic E-state index is 0.0270. The molecule has 4 rings (SSSR count). The standard InChI is InChI=1S/C36H49IN2O13S3/c1-35(17-9-23-53(42,43)44)29-25-27(55(48,49)50)14-16-31(29)39(20-22-52-4)37-32(35)10-8-11-33-36(2,18-21-51-3)28-24-26(54(45,46)47)13-15-30(28)38(33)19-7-5-6-12-34(40)41/h8,10-11,13-16,24-25H,5-7,9,12,17-23H2,1-4H3,(H,40,41)(H,42,43,44)(H,45,46,47)(H,48,49,50)/p-1/b10-8+,33-11+. The van der Waals surface area contributed by atoms with Crippen molar-refractivity contribution in [2.24, 2.45) is 0 Å². The third kappa shape index (κ3) is 11.0. The van der Waals surface area contributed by atoms with Gasteiger partial charge in [0.1, 0.15) is 10.1 Å². The highest BCUT2D eigenvalue weighted by molar-refractivity contribution is 14.2. The topological polar surface area (TPSA) is 228 Å². The first-order valence-corrected chi connectivity index (χ1v) is 24.0. The van der Waals surface area contributed by atoms with Crippen molar-refractivity contribution in [2.75, 3.05) is 54.3 Å². The minimum Gasteiger partial charge on any atom is -0.744 e. The van der Waals surface area contributed by atoms with E-state index >= 15 is 0 Å². The van der Waals surface area contributed by atoms with E-state index in [-0.39, 0.29) is 29.1 Å². The second kappa shape index (κ2) is 18.2. The maximum atomic E-state index is 12.3. The fourth-order valence-electron chi connectivity index (χ4n) is 7.06. The first-order valence-electron chi connectivity index (χ1n) is 17.5. The lowest BCUT2D eigenvalue weighted by molar-refractivity contribution is -0.137. The van der Waals surface area contributed by atoms with E-state index in [1.165, 1.54) is 24.3 Å². The zero-order chi connectivity index (χ0) is 40.8. The molecule has 0 bridgehead atoms. The minimum atomic E-state index is -4.78. The number of unbranched alkanes of at least 4 members (excludes halogenated alkanes) is 2. The molecular weight excluding hydrogens is 892 g/mol. The summed E-state index contributed by atoms with van der Waals surface area (Å²) in [6.45, 7) is 5.41. The SMILES string of the molecule is COCCN1I=C(/C=C/C=C2/N(CCCCCC(=O)O)c3ccc(S(=O)(=O)[O-])cc3C2(C)CCOC)C(C)(CCCS(=O)(=O)O)c2cc(S(=O)(=O)O)ccc21. The maximum absolute atomic E-state index is 12.3. The number of halogens is 1. The van der Waals surface area contributed by atoms with Gasteiger partial charge >= 0.3 is 5.97 Å². The Balaban J connectivity index is 1.88. The van der Waals surface area contributed by atoms with Crippen LogP contribution in [0.25, 0.3) is 0 Å². The van der Waals surface area contributed by atoms with Gasteiger partial charge in [-0.15, -0.1) is 0 Å². The summed E-state index contributed by atoms with van der Waals surface area (Å²) in [5.74, 6) is -1.40. The molecule has 0 spiro atoms. The van der Waals surface area contributed by atoms with Gasteiger partial charge in [0.15, 0.2) is 0 Å². The number of allylic oxidation sites excluding steroid dienone is 4. The molecule has 19 heteroatoms. The van der Waals surface area contributed by atoms with E-state index in [0.717, 1.165) is 14.9 Å². The molecule has 15 nitrogen and oxygen atoms in total. The summed E-state index contributed by atoms with van der Waals surface area (Å²) >= 11 is -1.00. The van der Waals surface area contributed by atoms with Crippen LogP contribution in [0.2, 0.25) is 0 Å². The number of benzene rings is 2. The maximum Gasteiger partial charge on any atom is 0.303 e. The molecule has 0 radical (unpaired) electrons. The van der Waals surface area contributed by atoms with Crippen LogP contribution >= 0.6 is 21.0 Å². The highest BCUT2D eigenvalue weighted by atomic mass is 127. The van der Waals surface area contributed by atoms with Crippen LogP contribution in [0.15, 0.2) is 70.1 Å². The largest absolute Gasteiger partial charge is 0.744 e. The van der Waals surface area contributed by atoms with Crippen LogP contribution in [-0.2, 0) is 55.5 Å². The predicted octanol–water partition coefficient (Wildman–Crippen LogP) is 5.19. The Morgan fingerprint density at radius 1 is 0.836 bits per heavy atom. The van der Waals surface area contributed by atoms with Gasteiger partial charge in [0.25, 0.3) is 20.2 Å². The number of nitrogens with zero attached hydrogens (tertiary/aromatic N) is 2. The average molecular weight is 940 g/mol. The Kier molecular flexibility index (Phi) is 14.9. The lowest BCUT2D eigenvalue weighted by Gasteiger charge is -2.40. The molecule has 2 aromatic rings. The van der Waals surface area contributed by atoms with Crippen molar-refractivity contribution in [1.82, 2.24) is 0 Å². The van der Waals surface area contributed by atoms with Crippen LogP contribution < -0.4 is 8.01 Å². The van der Waals surface area contributed by atoms with Crippen LogP contribution in [0.3, 0.4) is 0 Å². The van der Waals surface area contributed by atoms with Gasteiger partial charge in [-0.3, -0.25) is 13.9 Å². The molecule has 2 heterocycles. The summed E-state index contributed by atoms with van der Waals surface area (Å²) in [5.41, 5.74) is 1.63. The quantitative estimate of drug-likeness (QED) is 0.0672. The van der Waals surface area contributed by atoms with Crippen molar-refractivity contribution >= 4 is 72.2 Å². The predicted molar refractivity (Wildman–Crippen MR) is 216 cm³/mol. The number of ether oxygens (including phenoxy) is 2. The fourth-order valence-corrected chi connectivity index (χ4v) is 11.8. The lowest BCUT2D eigenvalue weighted by Crippen LogP contribution is -2.38. The van der Waals surface area contributed by atoms with E-state index in [9.17, 15) is 43.7 Å². The molecule has 0 fully saturated rings. The number of fused-ring (bicyclic) bond motifs is 2. The van der Waals surface area contributed by atoms with Crippen LogP contribution in [0, 0.1) is 0 Å². The molecule has 2 unspecified atom stereocenters. The number of hydrogen-bond donors (Lipinski definition) is 3. The summed E-state index contributed by atoms with van der Waals surface area (Å²) in [6, 6.07) is 8.63. The van der Waals surface area contributed by atoms with Gasteiger partial charge in [0.05, 0.1) is 28.7 Å². The van der Waals surface area contributed by atoms with Crippen molar-refractivity contribution in [3.05, 3.63) is 71.5 Å². The Labute approximate surface area is 333 Å². The zero-order valence-electron chi connectivity index (χ0n) is 31.1. The number of carboxylic acids is 1. The number of rotatable bonds is 20. The third-order valence-electron chi connectivity index (χ3n) is 9.99. The Morgan fingerprint density at radius 2 is 1.47 bits per heavy atom. The summed E-state index contributed by atoms with van der Waals surface area (Å²) in [4.78, 5) is 12.5. The third-order valence-corrected chi connectivity index (χ3v) is 16.1. The molecule has 55 heavy (non-hydrogen) atoms. The molecule has 3 N–H and O–H groups in total. The van der Waals surface area contributed by atoms with E-state index in [1.807, 2.05) is 37.0 Å². The number of anilines is 2. The van der Waals surface area contributed by atoms with E-state index < -0.39 is 73.9 Å². The molecule has 306 valence electrons. The van der Waals surface area contributed by atoms with E-state index in [4.69, 9.17) is 14.6 Å². The highest BCUT2D eigenvalue weighted by Crippen LogP contribution is 2.51. The number of aliphatic carboxylic acids is 1. The molecule has 0 saturated heterocycles. The second-order valence-corrected chi connectivity index (χ2v) is 21.0.